The van der Waals surface area contributed by atoms with Crippen molar-refractivity contribution >= 4 is 124 Å². The Morgan fingerprint density at radius 1 is 0.582 bits per heavy atom. The van der Waals surface area contributed by atoms with E-state index in [0.717, 1.165) is 40.6 Å². The first-order valence-electron chi connectivity index (χ1n) is 23.0. The second-order valence-electron chi connectivity index (χ2n) is 18.6. The molecule has 7 heteroatoms. The third-order valence-electron chi connectivity index (χ3n) is 13.8. The number of benzene rings is 8. The Morgan fingerprint density at radius 2 is 1.06 bits per heavy atom. The monoisotopic (exact) mass is 878 g/mol. The number of nitriles is 1. The zero-order chi connectivity index (χ0) is 45.7. The van der Waals surface area contributed by atoms with Gasteiger partial charge in [0.2, 0.25) is 0 Å². The quantitative estimate of drug-likeness (QED) is 0.0824. The summed E-state index contributed by atoms with van der Waals surface area (Å²) >= 11 is 0. The number of hydrogen-bond acceptors (Lipinski definition) is 3. The highest BCUT2D eigenvalue weighted by Gasteiger charge is 2.25. The molecule has 0 radical (unpaired) electrons. The van der Waals surface area contributed by atoms with E-state index in [1.54, 1.807) is 0 Å². The van der Waals surface area contributed by atoms with Crippen LogP contribution in [0.25, 0.3) is 81.0 Å². The lowest BCUT2D eigenvalue weighted by molar-refractivity contribution is 1.17. The van der Waals surface area contributed by atoms with Crippen LogP contribution in [0.1, 0.15) is 25.8 Å². The van der Waals surface area contributed by atoms with Crippen LogP contribution >= 0.6 is 0 Å². The Balaban J connectivity index is 1.04. The molecule has 4 aromatic heterocycles. The molecule has 67 heavy (non-hydrogen) atoms. The summed E-state index contributed by atoms with van der Waals surface area (Å²) in [4.78, 5) is 8.25. The van der Waals surface area contributed by atoms with E-state index < -0.39 is 8.07 Å². The van der Waals surface area contributed by atoms with Gasteiger partial charge < -0.3 is 18.6 Å². The molecule has 4 heterocycles. The molecule has 0 bridgehead atoms. The van der Waals surface area contributed by atoms with Crippen molar-refractivity contribution in [1.82, 2.24) is 8.80 Å². The lowest BCUT2D eigenvalue weighted by Crippen LogP contribution is -2.37. The number of fused-ring (bicyclic) bond motifs is 12. The summed E-state index contributed by atoms with van der Waals surface area (Å²) in [5.74, 6) is 0. The van der Waals surface area contributed by atoms with Crippen molar-refractivity contribution in [3.05, 3.63) is 199 Å². The normalized spacial score (nSPS) is 12.6. The fourth-order valence-electron chi connectivity index (χ4n) is 10.6. The van der Waals surface area contributed by atoms with E-state index in [-0.39, 0.29) is 0 Å². The number of rotatable bonds is 9. The Kier molecular flexibility index (Phi) is 9.06. The largest absolute Gasteiger partial charge is 0.311 e. The average Bonchev–Trinajstić information content (AvgIpc) is 4.08. The van der Waals surface area contributed by atoms with E-state index >= 15 is 0 Å². The van der Waals surface area contributed by atoms with Crippen molar-refractivity contribution in [2.24, 2.45) is 0 Å². The SMILES string of the molecule is [C-]#[N+]c1ccc(N(C(/C=C\CC)=C/C)c2ccc3c(c2)c2cccc4c5cc6c(cc5n3c24)c2cccc3c4cc(N(c5ccc(C#N)cc5)c5ccc([Si](C)(C)C)cc5)ccc4n6c32)cc1. The fourth-order valence-corrected chi connectivity index (χ4v) is 11.8. The van der Waals surface area contributed by atoms with Crippen LogP contribution in [0.2, 0.25) is 19.6 Å². The second kappa shape index (κ2) is 15.1. The zero-order valence-corrected chi connectivity index (χ0v) is 39.1. The molecule has 6 nitrogen and oxygen atoms in total. The molecule has 0 saturated carbocycles. The first-order chi connectivity index (χ1) is 32.7. The van der Waals surface area contributed by atoms with Crippen LogP contribution < -0.4 is 15.0 Å². The topological polar surface area (TPSA) is 43.5 Å². The number of para-hydroxylation sites is 2. The van der Waals surface area contributed by atoms with Crippen LogP contribution in [0.3, 0.4) is 0 Å². The average molecular weight is 879 g/mol. The first-order valence-corrected chi connectivity index (χ1v) is 26.5. The van der Waals surface area contributed by atoms with E-state index in [1.807, 2.05) is 48.5 Å². The van der Waals surface area contributed by atoms with Crippen LogP contribution in [0.4, 0.5) is 34.1 Å². The predicted molar refractivity (Wildman–Crippen MR) is 286 cm³/mol. The summed E-state index contributed by atoms with van der Waals surface area (Å²) in [5.41, 5.74) is 14.8. The maximum atomic E-state index is 9.63. The highest BCUT2D eigenvalue weighted by atomic mass is 28.3. The van der Waals surface area contributed by atoms with E-state index in [1.165, 1.54) is 81.4 Å². The number of anilines is 5. The first kappa shape index (κ1) is 40.2. The minimum Gasteiger partial charge on any atom is -0.311 e. The molecule has 8 aromatic carbocycles. The molecule has 0 N–H and O–H groups in total. The summed E-state index contributed by atoms with van der Waals surface area (Å²) < 4.78 is 4.96. The van der Waals surface area contributed by atoms with E-state index in [9.17, 15) is 5.26 Å². The van der Waals surface area contributed by atoms with Crippen LogP contribution in [0, 0.1) is 17.9 Å². The van der Waals surface area contributed by atoms with Gasteiger partial charge in [-0.2, -0.15) is 5.26 Å². The number of aromatic nitrogens is 2. The van der Waals surface area contributed by atoms with E-state index in [4.69, 9.17) is 6.57 Å². The molecule has 0 spiro atoms. The van der Waals surface area contributed by atoms with Crippen LogP contribution in [-0.4, -0.2) is 16.9 Å². The molecule has 12 aromatic rings. The van der Waals surface area contributed by atoms with Crippen molar-refractivity contribution in [3.63, 3.8) is 0 Å². The second-order valence-corrected chi connectivity index (χ2v) is 23.7. The minimum absolute atomic E-state index is 0.626. The van der Waals surface area contributed by atoms with Gasteiger partial charge in [-0.05, 0) is 116 Å². The van der Waals surface area contributed by atoms with Gasteiger partial charge in [0.25, 0.3) is 0 Å². The number of nitrogens with zero attached hydrogens (tertiary/aromatic N) is 6. The highest BCUT2D eigenvalue weighted by Crippen LogP contribution is 2.47. The molecule has 320 valence electrons. The molecule has 0 amide bonds. The smallest absolute Gasteiger partial charge is 0.187 e. The maximum absolute atomic E-state index is 9.63. The lowest BCUT2D eigenvalue weighted by atomic mass is 10.0. The third-order valence-corrected chi connectivity index (χ3v) is 15.9. The molecule has 0 aliphatic rings. The molecular formula is C60H46N6Si. The van der Waals surface area contributed by atoms with Gasteiger partial charge in [-0.3, -0.25) is 0 Å². The molecule has 0 aliphatic heterocycles. The molecule has 0 atom stereocenters. The molecule has 0 fully saturated rings. The maximum Gasteiger partial charge on any atom is 0.187 e. The predicted octanol–water partition coefficient (Wildman–Crippen LogP) is 16.4. The van der Waals surface area contributed by atoms with Gasteiger partial charge >= 0.3 is 0 Å². The number of hydrogen-bond donors (Lipinski definition) is 0. The van der Waals surface area contributed by atoms with Gasteiger partial charge in [-0.25, -0.2) is 4.85 Å². The van der Waals surface area contributed by atoms with Gasteiger partial charge in [0, 0.05) is 77.2 Å². The summed E-state index contributed by atoms with van der Waals surface area (Å²) in [5, 5.41) is 20.9. The van der Waals surface area contributed by atoms with Crippen LogP contribution in [0.5, 0.6) is 0 Å². The van der Waals surface area contributed by atoms with Crippen molar-refractivity contribution in [3.8, 4) is 6.07 Å². The summed E-state index contributed by atoms with van der Waals surface area (Å²) in [7, 11) is -1.50. The summed E-state index contributed by atoms with van der Waals surface area (Å²) in [6, 6.07) is 59.2. The lowest BCUT2D eigenvalue weighted by Gasteiger charge is -2.27. The molecule has 0 saturated heterocycles. The van der Waals surface area contributed by atoms with Gasteiger partial charge in [-0.1, -0.05) is 105 Å². The molecule has 0 aliphatic carbocycles. The van der Waals surface area contributed by atoms with E-state index in [2.05, 4.69) is 190 Å². The van der Waals surface area contributed by atoms with Crippen LogP contribution in [-0.2, 0) is 0 Å². The fraction of sp³-hybridized carbons (Fsp3) is 0.100. The Morgan fingerprint density at radius 3 is 1.55 bits per heavy atom. The van der Waals surface area contributed by atoms with Crippen molar-refractivity contribution < 1.29 is 0 Å². The van der Waals surface area contributed by atoms with Gasteiger partial charge in [0.1, 0.15) is 0 Å². The Bertz CT molecular complexity index is 4080. The molecular weight excluding hydrogens is 833 g/mol. The van der Waals surface area contributed by atoms with Gasteiger partial charge in [-0.15, -0.1) is 0 Å². The van der Waals surface area contributed by atoms with E-state index in [0.29, 0.717) is 11.3 Å². The van der Waals surface area contributed by atoms with Crippen molar-refractivity contribution in [2.45, 2.75) is 39.9 Å². The highest BCUT2D eigenvalue weighted by molar-refractivity contribution is 6.88. The van der Waals surface area contributed by atoms with Crippen molar-refractivity contribution in [2.75, 3.05) is 9.80 Å². The Hall–Kier alpha value is -8.36. The molecule has 0 unspecified atom stereocenters. The van der Waals surface area contributed by atoms with Crippen molar-refractivity contribution in [1.29, 1.82) is 5.26 Å². The van der Waals surface area contributed by atoms with Crippen LogP contribution in [0.15, 0.2) is 182 Å². The Labute approximate surface area is 390 Å². The minimum atomic E-state index is -1.50. The summed E-state index contributed by atoms with van der Waals surface area (Å²) in [6.45, 7) is 18.9. The zero-order valence-electron chi connectivity index (χ0n) is 38.1. The molecule has 12 rings (SSSR count). The third kappa shape index (κ3) is 6.06. The van der Waals surface area contributed by atoms with Gasteiger partial charge in [0.05, 0.1) is 59.4 Å². The summed E-state index contributed by atoms with van der Waals surface area (Å²) in [6.07, 6.45) is 7.47. The number of allylic oxidation sites excluding steroid dienone is 3. The van der Waals surface area contributed by atoms with Gasteiger partial charge in [0.15, 0.2) is 5.69 Å². The standard InChI is InChI=1S/C60H46N6Si/c1-7-9-12-40(8-2)63(42-23-19-39(62-3)20-24-42)44-27-31-55-51(33-44)47-13-10-15-49-53-36-58-54(35-57(53)65(55)59(47)49)50-16-11-14-48-52-34-45(28-32-56(52)66(58)60(48)50)64(41-21-17-38(37-61)18-22-41)43-25-29-46(30-26-43)67(4,5)6/h8-36H,7H2,1-2,4-6H3/b12-9-,40-8+.